The molecule has 9 heavy (non-hydrogen) atoms. The van der Waals surface area contributed by atoms with Crippen molar-refractivity contribution in [1.82, 2.24) is 0 Å². The Balaban J connectivity index is 0.000000640. The van der Waals surface area contributed by atoms with Gasteiger partial charge < -0.3 is 24.0 Å². The lowest BCUT2D eigenvalue weighted by Gasteiger charge is -1.81. The Hall–Kier alpha value is 0.360. The molecule has 0 saturated heterocycles. The van der Waals surface area contributed by atoms with Crippen LogP contribution in [-0.2, 0) is 6.54 Å². The van der Waals surface area contributed by atoms with E-state index in [4.69, 9.17) is 0 Å². The molecule has 0 saturated carbocycles. The summed E-state index contributed by atoms with van der Waals surface area (Å²) in [6.07, 6.45) is 3.33. The van der Waals surface area contributed by atoms with E-state index >= 15 is 0 Å². The van der Waals surface area contributed by atoms with Gasteiger partial charge in [0.25, 0.3) is 0 Å². The van der Waals surface area contributed by atoms with Gasteiger partial charge in [0.15, 0.2) is 6.20 Å². The SMILES string of the molecule is CCC[n+]1ccsc1.[I-]. The molecule has 0 radical (unpaired) electrons. The van der Waals surface area contributed by atoms with Gasteiger partial charge in [0.1, 0.15) is 6.54 Å². The van der Waals surface area contributed by atoms with Crippen molar-refractivity contribution < 1.29 is 28.5 Å². The number of nitrogens with zero attached hydrogens (tertiary/aromatic N) is 1. The van der Waals surface area contributed by atoms with Gasteiger partial charge >= 0.3 is 0 Å². The Labute approximate surface area is 76.7 Å². The average Bonchev–Trinajstić information content (AvgIpc) is 2.19. The summed E-state index contributed by atoms with van der Waals surface area (Å²) in [6, 6.07) is 0. The molecule has 0 atom stereocenters. The fourth-order valence-corrected chi connectivity index (χ4v) is 1.28. The lowest BCUT2D eigenvalue weighted by Crippen LogP contribution is -3.00. The highest BCUT2D eigenvalue weighted by atomic mass is 127. The predicted molar refractivity (Wildman–Crippen MR) is 34.8 cm³/mol. The highest BCUT2D eigenvalue weighted by molar-refractivity contribution is 7.07. The van der Waals surface area contributed by atoms with Crippen molar-refractivity contribution in [2.45, 2.75) is 19.9 Å². The van der Waals surface area contributed by atoms with Crippen molar-refractivity contribution in [3.63, 3.8) is 0 Å². The van der Waals surface area contributed by atoms with Gasteiger partial charge in [-0.15, -0.1) is 0 Å². The Morgan fingerprint density at radius 1 is 1.56 bits per heavy atom. The van der Waals surface area contributed by atoms with Gasteiger partial charge in [0.05, 0.1) is 5.38 Å². The highest BCUT2D eigenvalue weighted by Gasteiger charge is 1.93. The molecule has 0 aliphatic rings. The fraction of sp³-hybridized carbons (Fsp3) is 0.500. The molecule has 3 heteroatoms. The molecule has 0 aliphatic heterocycles. The zero-order valence-corrected chi connectivity index (χ0v) is 8.35. The Bertz CT molecular complexity index is 139. The maximum atomic E-state index is 2.20. The molecule has 0 bridgehead atoms. The molecule has 0 spiro atoms. The summed E-state index contributed by atoms with van der Waals surface area (Å²) in [5.41, 5.74) is 2.13. The van der Waals surface area contributed by atoms with Gasteiger partial charge in [-0.05, 0) is 0 Å². The number of rotatable bonds is 2. The van der Waals surface area contributed by atoms with Crippen LogP contribution in [0.3, 0.4) is 0 Å². The van der Waals surface area contributed by atoms with Crippen LogP contribution < -0.4 is 28.5 Å². The minimum Gasteiger partial charge on any atom is -1.00 e. The third kappa shape index (κ3) is 3.15. The average molecular weight is 255 g/mol. The quantitative estimate of drug-likeness (QED) is 0.445. The molecule has 0 aromatic carbocycles. The molecule has 52 valence electrons. The summed E-state index contributed by atoms with van der Waals surface area (Å²) in [4.78, 5) is 0. The van der Waals surface area contributed by atoms with Crippen LogP contribution in [0.2, 0.25) is 0 Å². The first-order valence-electron chi connectivity index (χ1n) is 2.84. The third-order valence-electron chi connectivity index (χ3n) is 1.01. The summed E-state index contributed by atoms with van der Waals surface area (Å²) in [6.45, 7) is 3.34. The van der Waals surface area contributed by atoms with Crippen LogP contribution in [0, 0.1) is 0 Å². The first kappa shape index (κ1) is 9.36. The number of hydrogen-bond donors (Lipinski definition) is 0. The minimum atomic E-state index is 0. The summed E-state index contributed by atoms with van der Waals surface area (Å²) < 4.78 is 2.20. The summed E-state index contributed by atoms with van der Waals surface area (Å²) >= 11 is 1.74. The molecule has 0 N–H and O–H groups in total. The second-order valence-electron chi connectivity index (χ2n) is 1.76. The maximum absolute atomic E-state index is 2.20. The largest absolute Gasteiger partial charge is 1.00 e. The molecule has 0 aliphatic carbocycles. The van der Waals surface area contributed by atoms with Gasteiger partial charge in [-0.3, -0.25) is 0 Å². The van der Waals surface area contributed by atoms with Crippen LogP contribution in [0.5, 0.6) is 0 Å². The molecular weight excluding hydrogens is 245 g/mol. The van der Waals surface area contributed by atoms with E-state index in [1.54, 1.807) is 11.3 Å². The van der Waals surface area contributed by atoms with Crippen LogP contribution in [0.1, 0.15) is 13.3 Å². The number of aryl methyl sites for hydroxylation is 1. The molecule has 0 unspecified atom stereocenters. The zero-order chi connectivity index (χ0) is 5.82. The second kappa shape index (κ2) is 5.17. The molecule has 1 aromatic heterocycles. The number of hydrogen-bond acceptors (Lipinski definition) is 1. The van der Waals surface area contributed by atoms with E-state index in [1.807, 2.05) is 0 Å². The highest BCUT2D eigenvalue weighted by Crippen LogP contribution is 1.87. The van der Waals surface area contributed by atoms with Gasteiger partial charge in [0, 0.05) is 6.42 Å². The van der Waals surface area contributed by atoms with E-state index in [1.165, 1.54) is 6.42 Å². The van der Waals surface area contributed by atoms with E-state index < -0.39 is 0 Å². The van der Waals surface area contributed by atoms with Crippen molar-refractivity contribution in [2.75, 3.05) is 0 Å². The van der Waals surface area contributed by atoms with E-state index in [2.05, 4.69) is 28.6 Å². The van der Waals surface area contributed by atoms with Crippen molar-refractivity contribution in [2.24, 2.45) is 0 Å². The van der Waals surface area contributed by atoms with Crippen LogP contribution in [0.4, 0.5) is 0 Å². The topological polar surface area (TPSA) is 3.88 Å². The molecule has 1 aromatic rings. The Morgan fingerprint density at radius 3 is 2.78 bits per heavy atom. The van der Waals surface area contributed by atoms with Gasteiger partial charge in [-0.2, -0.15) is 4.57 Å². The standard InChI is InChI=1S/C6H10NS.HI/c1-2-3-7-4-5-8-6-7;/h4-6H,2-3H2,1H3;1H/q+1;/p-1. The van der Waals surface area contributed by atoms with Crippen molar-refractivity contribution >= 4 is 11.3 Å². The first-order valence-corrected chi connectivity index (χ1v) is 3.79. The lowest BCUT2D eigenvalue weighted by atomic mass is 10.5. The summed E-state index contributed by atoms with van der Waals surface area (Å²) in [5.74, 6) is 0. The van der Waals surface area contributed by atoms with Crippen LogP contribution in [0.25, 0.3) is 0 Å². The molecule has 1 rings (SSSR count). The fourth-order valence-electron chi connectivity index (χ4n) is 0.647. The van der Waals surface area contributed by atoms with E-state index in [0.29, 0.717) is 0 Å². The Morgan fingerprint density at radius 2 is 2.33 bits per heavy atom. The van der Waals surface area contributed by atoms with Crippen molar-refractivity contribution in [3.05, 3.63) is 17.1 Å². The molecule has 0 amide bonds. The zero-order valence-electron chi connectivity index (χ0n) is 5.38. The normalized spacial score (nSPS) is 8.56. The van der Waals surface area contributed by atoms with Gasteiger partial charge in [-0.1, -0.05) is 18.3 Å². The summed E-state index contributed by atoms with van der Waals surface area (Å²) in [7, 11) is 0. The monoisotopic (exact) mass is 255 g/mol. The first-order chi connectivity index (χ1) is 3.93. The molecular formula is C6H10INS. The van der Waals surface area contributed by atoms with Gasteiger partial charge in [-0.25, -0.2) is 0 Å². The smallest absolute Gasteiger partial charge is 0.224 e. The van der Waals surface area contributed by atoms with E-state index in [-0.39, 0.29) is 24.0 Å². The molecule has 1 heterocycles. The lowest BCUT2D eigenvalue weighted by molar-refractivity contribution is -0.692. The number of halogens is 1. The molecule has 0 fully saturated rings. The summed E-state index contributed by atoms with van der Waals surface area (Å²) in [5, 5.41) is 2.09. The van der Waals surface area contributed by atoms with Gasteiger partial charge in [0.2, 0.25) is 5.51 Å². The minimum absolute atomic E-state index is 0. The van der Waals surface area contributed by atoms with Crippen molar-refractivity contribution in [3.8, 4) is 0 Å². The van der Waals surface area contributed by atoms with Crippen LogP contribution in [-0.4, -0.2) is 0 Å². The third-order valence-corrected chi connectivity index (χ3v) is 1.68. The van der Waals surface area contributed by atoms with Crippen molar-refractivity contribution in [1.29, 1.82) is 0 Å². The predicted octanol–water partition coefficient (Wildman–Crippen LogP) is -1.55. The van der Waals surface area contributed by atoms with Crippen LogP contribution >= 0.6 is 11.3 Å². The van der Waals surface area contributed by atoms with E-state index in [0.717, 1.165) is 6.54 Å². The maximum Gasteiger partial charge on any atom is 0.224 e. The second-order valence-corrected chi connectivity index (χ2v) is 2.52. The number of aromatic nitrogens is 1. The molecule has 1 nitrogen and oxygen atoms in total. The number of thiazole rings is 1. The Kier molecular flexibility index (Phi) is 5.38. The van der Waals surface area contributed by atoms with E-state index in [9.17, 15) is 0 Å². The van der Waals surface area contributed by atoms with Crippen LogP contribution in [0.15, 0.2) is 17.1 Å².